The number of allylic oxidation sites excluding steroid dienone is 1. The molecule has 0 atom stereocenters. The molecule has 88 valence electrons. The van der Waals surface area contributed by atoms with E-state index in [2.05, 4.69) is 16.5 Å². The van der Waals surface area contributed by atoms with Crippen molar-refractivity contribution in [2.45, 2.75) is 6.92 Å². The van der Waals surface area contributed by atoms with Crippen LogP contribution >= 0.6 is 11.6 Å². The summed E-state index contributed by atoms with van der Waals surface area (Å²) in [4.78, 5) is 27.3. The molecule has 0 aliphatic rings. The van der Waals surface area contributed by atoms with Crippen LogP contribution in [0.15, 0.2) is 26.7 Å². The summed E-state index contributed by atoms with van der Waals surface area (Å²) in [6, 6.07) is 0. The molecule has 2 aromatic rings. The first-order valence-corrected chi connectivity index (χ1v) is 5.20. The van der Waals surface area contributed by atoms with E-state index < -0.39 is 11.2 Å². The highest BCUT2D eigenvalue weighted by Crippen LogP contribution is 2.03. The number of halogens is 1. The molecular weight excluding hydrogens is 244 g/mol. The maximum Gasteiger partial charge on any atom is 0.326 e. The fraction of sp³-hybridized carbons (Fsp3) is 0.0909. The van der Waals surface area contributed by atoms with Crippen LogP contribution in [0.4, 0.5) is 0 Å². The molecule has 0 saturated heterocycles. The number of H-pyrrole nitrogens is 2. The highest BCUT2D eigenvalue weighted by atomic mass is 35.5. The molecule has 0 radical (unpaired) electrons. The molecule has 0 saturated carbocycles. The molecule has 6 heteroatoms. The van der Waals surface area contributed by atoms with E-state index in [1.807, 2.05) is 0 Å². The SMILES string of the molecule is C=C/C(Cl)=c1\c(=C/C)oc2c(=O)[nH]c(=O)[nH]c12. The Hall–Kier alpha value is -2.01. The molecule has 5 nitrogen and oxygen atoms in total. The molecule has 0 amide bonds. The molecule has 0 unspecified atom stereocenters. The van der Waals surface area contributed by atoms with Gasteiger partial charge in [0.25, 0.3) is 5.56 Å². The summed E-state index contributed by atoms with van der Waals surface area (Å²) in [5, 5.41) is 0.764. The Labute approximate surface area is 99.7 Å². The molecule has 0 fully saturated rings. The minimum atomic E-state index is -0.610. The van der Waals surface area contributed by atoms with E-state index in [4.69, 9.17) is 16.0 Å². The van der Waals surface area contributed by atoms with Gasteiger partial charge in [-0.05, 0) is 19.1 Å². The minimum Gasteiger partial charge on any atom is -0.449 e. The van der Waals surface area contributed by atoms with Crippen molar-refractivity contribution in [3.8, 4) is 0 Å². The average molecular weight is 253 g/mol. The molecule has 0 aliphatic heterocycles. The first-order valence-electron chi connectivity index (χ1n) is 4.82. The smallest absolute Gasteiger partial charge is 0.326 e. The lowest BCUT2D eigenvalue weighted by molar-refractivity contribution is 0.569. The maximum absolute atomic E-state index is 11.5. The Balaban J connectivity index is 3.29. The van der Waals surface area contributed by atoms with Crippen molar-refractivity contribution in [3.05, 3.63) is 44.1 Å². The van der Waals surface area contributed by atoms with Gasteiger partial charge >= 0.3 is 5.69 Å². The molecule has 17 heavy (non-hydrogen) atoms. The van der Waals surface area contributed by atoms with Gasteiger partial charge in [-0.1, -0.05) is 18.2 Å². The van der Waals surface area contributed by atoms with E-state index in [1.54, 1.807) is 13.0 Å². The summed E-state index contributed by atoms with van der Waals surface area (Å²) in [6.07, 6.45) is 3.07. The van der Waals surface area contributed by atoms with Gasteiger partial charge < -0.3 is 9.40 Å². The van der Waals surface area contributed by atoms with Crippen LogP contribution in [0.25, 0.3) is 22.2 Å². The fourth-order valence-corrected chi connectivity index (χ4v) is 1.76. The van der Waals surface area contributed by atoms with Crippen LogP contribution in [0.2, 0.25) is 0 Å². The van der Waals surface area contributed by atoms with E-state index >= 15 is 0 Å². The maximum atomic E-state index is 11.5. The number of nitrogens with one attached hydrogen (secondary N) is 2. The summed E-state index contributed by atoms with van der Waals surface area (Å²) in [7, 11) is 0. The van der Waals surface area contributed by atoms with Crippen LogP contribution in [-0.2, 0) is 0 Å². The summed E-state index contributed by atoms with van der Waals surface area (Å²) >= 11 is 5.98. The molecular formula is C11H9ClN2O3. The third-order valence-corrected chi connectivity index (χ3v) is 2.63. The molecule has 2 N–H and O–H groups in total. The predicted molar refractivity (Wildman–Crippen MR) is 66.3 cm³/mol. The Morgan fingerprint density at radius 3 is 2.71 bits per heavy atom. The largest absolute Gasteiger partial charge is 0.449 e. The first kappa shape index (κ1) is 11.5. The predicted octanol–water partition coefficient (Wildman–Crippen LogP) is 0.143. The van der Waals surface area contributed by atoms with E-state index in [0.717, 1.165) is 0 Å². The van der Waals surface area contributed by atoms with Gasteiger partial charge in [-0.25, -0.2) is 4.79 Å². The lowest BCUT2D eigenvalue weighted by atomic mass is 10.3. The average Bonchev–Trinajstić information content (AvgIpc) is 2.66. The second kappa shape index (κ2) is 4.10. The Kier molecular flexibility index (Phi) is 2.77. The van der Waals surface area contributed by atoms with Gasteiger partial charge in [-0.3, -0.25) is 9.78 Å². The van der Waals surface area contributed by atoms with E-state index in [-0.39, 0.29) is 11.1 Å². The summed E-state index contributed by atoms with van der Waals surface area (Å²) in [5.74, 6) is 0. The van der Waals surface area contributed by atoms with Crippen molar-refractivity contribution < 1.29 is 4.42 Å². The number of fused-ring (bicyclic) bond motifs is 1. The Bertz CT molecular complexity index is 823. The van der Waals surface area contributed by atoms with Crippen LogP contribution in [-0.4, -0.2) is 9.97 Å². The van der Waals surface area contributed by atoms with Gasteiger partial charge in [0.1, 0.15) is 10.9 Å². The van der Waals surface area contributed by atoms with Gasteiger partial charge in [0.2, 0.25) is 5.58 Å². The first-order chi connectivity index (χ1) is 8.08. The number of aromatic nitrogens is 2. The number of rotatable bonds is 1. The number of hydrogen-bond donors (Lipinski definition) is 2. The van der Waals surface area contributed by atoms with Crippen molar-refractivity contribution in [1.82, 2.24) is 9.97 Å². The minimum absolute atomic E-state index is 0.0349. The van der Waals surface area contributed by atoms with Crippen molar-refractivity contribution in [2.75, 3.05) is 0 Å². The Morgan fingerprint density at radius 2 is 2.12 bits per heavy atom. The van der Waals surface area contributed by atoms with Gasteiger partial charge in [-0.2, -0.15) is 0 Å². The van der Waals surface area contributed by atoms with Crippen LogP contribution in [0, 0.1) is 0 Å². The van der Waals surface area contributed by atoms with E-state index in [1.165, 1.54) is 6.08 Å². The van der Waals surface area contributed by atoms with Gasteiger partial charge in [-0.15, -0.1) is 0 Å². The van der Waals surface area contributed by atoms with Crippen LogP contribution in [0.3, 0.4) is 0 Å². The van der Waals surface area contributed by atoms with Crippen molar-refractivity contribution in [2.24, 2.45) is 0 Å². The lowest BCUT2D eigenvalue weighted by Crippen LogP contribution is -2.26. The monoisotopic (exact) mass is 252 g/mol. The molecule has 0 bridgehead atoms. The van der Waals surface area contributed by atoms with Gasteiger partial charge in [0.15, 0.2) is 0 Å². The summed E-state index contributed by atoms with van der Waals surface area (Å²) in [5.41, 5.74) is -0.478. The summed E-state index contributed by atoms with van der Waals surface area (Å²) < 4.78 is 5.33. The van der Waals surface area contributed by atoms with Crippen molar-refractivity contribution in [1.29, 1.82) is 0 Å². The highest BCUT2D eigenvalue weighted by molar-refractivity contribution is 6.47. The molecule has 0 aromatic carbocycles. The van der Waals surface area contributed by atoms with Crippen molar-refractivity contribution in [3.63, 3.8) is 0 Å². The molecule has 0 spiro atoms. The molecule has 2 aromatic heterocycles. The summed E-state index contributed by atoms with van der Waals surface area (Å²) in [6.45, 7) is 5.28. The number of aromatic amines is 2. The second-order valence-electron chi connectivity index (χ2n) is 3.29. The van der Waals surface area contributed by atoms with E-state index in [0.29, 0.717) is 15.7 Å². The topological polar surface area (TPSA) is 78.9 Å². The van der Waals surface area contributed by atoms with Gasteiger partial charge in [0.05, 0.1) is 10.3 Å². The van der Waals surface area contributed by atoms with Crippen molar-refractivity contribution >= 4 is 33.8 Å². The normalized spacial score (nSPS) is 14.1. The zero-order valence-corrected chi connectivity index (χ0v) is 9.72. The highest BCUT2D eigenvalue weighted by Gasteiger charge is 2.10. The quantitative estimate of drug-likeness (QED) is 0.758. The fourth-order valence-electron chi connectivity index (χ4n) is 1.57. The molecule has 0 aliphatic carbocycles. The second-order valence-corrected chi connectivity index (χ2v) is 3.70. The van der Waals surface area contributed by atoms with Gasteiger partial charge in [0, 0.05) is 0 Å². The van der Waals surface area contributed by atoms with Crippen LogP contribution < -0.4 is 21.9 Å². The molecule has 2 heterocycles. The number of hydrogen-bond acceptors (Lipinski definition) is 3. The Morgan fingerprint density at radius 1 is 1.41 bits per heavy atom. The third-order valence-electron chi connectivity index (χ3n) is 2.29. The van der Waals surface area contributed by atoms with E-state index in [9.17, 15) is 9.59 Å². The number of furan rings is 1. The standard InChI is InChI=1S/C11H9ClN2O3/c1-3-5(12)7-6(4-2)17-9-8(7)13-11(16)14-10(9)15/h3-4H,1H2,2H3,(H2,13,14,15,16)/b6-4+,7-5-. The zero-order valence-electron chi connectivity index (χ0n) is 8.96. The third kappa shape index (κ3) is 1.74. The zero-order chi connectivity index (χ0) is 12.6. The van der Waals surface area contributed by atoms with Crippen LogP contribution in [0.1, 0.15) is 6.92 Å². The van der Waals surface area contributed by atoms with Crippen LogP contribution in [0.5, 0.6) is 0 Å². The molecule has 2 rings (SSSR count). The lowest BCUT2D eigenvalue weighted by Gasteiger charge is -1.87.